The standard InChI is InChI=1S/C17H18F3NO3/c1-21(2)10-12-6-9-14(23-3)16(22)15(12)11-4-7-13(8-5-11)24-17(18,19)20/h4-9,22H,10H2,1-3H3. The maximum Gasteiger partial charge on any atom is 0.573 e. The molecule has 0 radical (unpaired) electrons. The van der Waals surface area contributed by atoms with Crippen LogP contribution in [0.5, 0.6) is 17.2 Å². The molecule has 0 aromatic heterocycles. The fourth-order valence-electron chi connectivity index (χ4n) is 2.40. The highest BCUT2D eigenvalue weighted by molar-refractivity contribution is 5.77. The van der Waals surface area contributed by atoms with Crippen LogP contribution in [0.3, 0.4) is 0 Å². The summed E-state index contributed by atoms with van der Waals surface area (Å²) in [5.41, 5.74) is 1.90. The van der Waals surface area contributed by atoms with Gasteiger partial charge in [-0.3, -0.25) is 0 Å². The topological polar surface area (TPSA) is 41.9 Å². The maximum atomic E-state index is 12.3. The Morgan fingerprint density at radius 3 is 2.17 bits per heavy atom. The van der Waals surface area contributed by atoms with E-state index in [1.54, 1.807) is 6.07 Å². The van der Waals surface area contributed by atoms with E-state index in [1.165, 1.54) is 31.4 Å². The molecular formula is C17H18F3NO3. The van der Waals surface area contributed by atoms with Crippen LogP contribution in [0.4, 0.5) is 13.2 Å². The van der Waals surface area contributed by atoms with Crippen molar-refractivity contribution in [2.75, 3.05) is 21.2 Å². The molecule has 0 aliphatic carbocycles. The summed E-state index contributed by atoms with van der Waals surface area (Å²) in [6.07, 6.45) is -4.74. The predicted molar refractivity (Wildman–Crippen MR) is 84.2 cm³/mol. The zero-order valence-corrected chi connectivity index (χ0v) is 13.5. The molecule has 2 aromatic carbocycles. The van der Waals surface area contributed by atoms with E-state index in [0.717, 1.165) is 5.56 Å². The number of methoxy groups -OCH3 is 1. The third kappa shape index (κ3) is 4.32. The Bertz CT molecular complexity index is 697. The van der Waals surface area contributed by atoms with Gasteiger partial charge in [0.2, 0.25) is 0 Å². The second kappa shape index (κ2) is 7.00. The highest BCUT2D eigenvalue weighted by Crippen LogP contribution is 2.40. The molecule has 1 N–H and O–H groups in total. The van der Waals surface area contributed by atoms with Crippen molar-refractivity contribution >= 4 is 0 Å². The smallest absolute Gasteiger partial charge is 0.504 e. The third-order valence-electron chi connectivity index (χ3n) is 3.31. The first-order chi connectivity index (χ1) is 11.2. The van der Waals surface area contributed by atoms with Crippen molar-refractivity contribution in [2.24, 2.45) is 0 Å². The van der Waals surface area contributed by atoms with Crippen LogP contribution in [-0.2, 0) is 6.54 Å². The number of benzene rings is 2. The van der Waals surface area contributed by atoms with Gasteiger partial charge in [0, 0.05) is 12.1 Å². The SMILES string of the molecule is COc1ccc(CN(C)C)c(-c2ccc(OC(F)(F)F)cc2)c1O. The van der Waals surface area contributed by atoms with Crippen LogP contribution in [0.1, 0.15) is 5.56 Å². The maximum absolute atomic E-state index is 12.3. The van der Waals surface area contributed by atoms with Gasteiger partial charge in [-0.15, -0.1) is 13.2 Å². The molecule has 24 heavy (non-hydrogen) atoms. The minimum atomic E-state index is -4.74. The zero-order chi connectivity index (χ0) is 17.9. The van der Waals surface area contributed by atoms with Crippen molar-refractivity contribution in [3.05, 3.63) is 42.0 Å². The molecule has 7 heteroatoms. The Morgan fingerprint density at radius 2 is 1.67 bits per heavy atom. The minimum Gasteiger partial charge on any atom is -0.504 e. The van der Waals surface area contributed by atoms with Crippen LogP contribution in [0.2, 0.25) is 0 Å². The normalized spacial score (nSPS) is 11.6. The zero-order valence-electron chi connectivity index (χ0n) is 13.5. The van der Waals surface area contributed by atoms with Crippen molar-refractivity contribution in [2.45, 2.75) is 12.9 Å². The van der Waals surface area contributed by atoms with Crippen LogP contribution in [0.15, 0.2) is 36.4 Å². The van der Waals surface area contributed by atoms with Crippen LogP contribution in [0.25, 0.3) is 11.1 Å². The molecule has 0 atom stereocenters. The van der Waals surface area contributed by atoms with E-state index < -0.39 is 6.36 Å². The van der Waals surface area contributed by atoms with Crippen molar-refractivity contribution < 1.29 is 27.8 Å². The first-order valence-corrected chi connectivity index (χ1v) is 7.11. The molecule has 2 aromatic rings. The number of alkyl halides is 3. The number of ether oxygens (including phenoxy) is 2. The van der Waals surface area contributed by atoms with Gasteiger partial charge in [-0.25, -0.2) is 0 Å². The highest BCUT2D eigenvalue weighted by atomic mass is 19.4. The lowest BCUT2D eigenvalue weighted by Crippen LogP contribution is -2.17. The summed E-state index contributed by atoms with van der Waals surface area (Å²) < 4.78 is 45.7. The number of hydrogen-bond acceptors (Lipinski definition) is 4. The summed E-state index contributed by atoms with van der Waals surface area (Å²) in [7, 11) is 5.20. The van der Waals surface area contributed by atoms with Gasteiger partial charge in [0.05, 0.1) is 7.11 Å². The summed E-state index contributed by atoms with van der Waals surface area (Å²) in [5.74, 6) is -0.0766. The van der Waals surface area contributed by atoms with Crippen molar-refractivity contribution in [3.63, 3.8) is 0 Å². The summed E-state index contributed by atoms with van der Waals surface area (Å²) >= 11 is 0. The molecule has 0 aliphatic rings. The van der Waals surface area contributed by atoms with E-state index in [9.17, 15) is 18.3 Å². The Morgan fingerprint density at radius 1 is 1.04 bits per heavy atom. The molecule has 0 heterocycles. The van der Waals surface area contributed by atoms with Gasteiger partial charge in [-0.1, -0.05) is 18.2 Å². The summed E-state index contributed by atoms with van der Waals surface area (Å²) in [6, 6.07) is 8.82. The molecule has 0 spiro atoms. The number of hydrogen-bond donors (Lipinski definition) is 1. The lowest BCUT2D eigenvalue weighted by molar-refractivity contribution is -0.274. The van der Waals surface area contributed by atoms with Crippen molar-refractivity contribution in [1.29, 1.82) is 0 Å². The lowest BCUT2D eigenvalue weighted by Gasteiger charge is -2.18. The monoisotopic (exact) mass is 341 g/mol. The van der Waals surface area contributed by atoms with Gasteiger partial charge in [0.15, 0.2) is 11.5 Å². The van der Waals surface area contributed by atoms with Crippen LogP contribution < -0.4 is 9.47 Å². The number of phenolic OH excluding ortho intramolecular Hbond substituents is 1. The van der Waals surface area contributed by atoms with E-state index in [4.69, 9.17) is 4.74 Å². The predicted octanol–water partition coefficient (Wildman–Crippen LogP) is 4.03. The summed E-state index contributed by atoms with van der Waals surface area (Å²) in [4.78, 5) is 1.92. The molecule has 0 saturated heterocycles. The second-order valence-corrected chi connectivity index (χ2v) is 5.46. The molecule has 0 saturated carbocycles. The van der Waals surface area contributed by atoms with Gasteiger partial charge in [-0.05, 0) is 43.4 Å². The largest absolute Gasteiger partial charge is 0.573 e. The van der Waals surface area contributed by atoms with E-state index >= 15 is 0 Å². The van der Waals surface area contributed by atoms with Crippen LogP contribution in [-0.4, -0.2) is 37.6 Å². The number of phenols is 1. The molecular weight excluding hydrogens is 323 g/mol. The van der Waals surface area contributed by atoms with Crippen molar-refractivity contribution in [1.82, 2.24) is 4.90 Å². The Kier molecular flexibility index (Phi) is 5.23. The van der Waals surface area contributed by atoms with E-state index in [0.29, 0.717) is 23.4 Å². The van der Waals surface area contributed by atoms with Crippen LogP contribution >= 0.6 is 0 Å². The average Bonchev–Trinajstić information content (AvgIpc) is 2.47. The highest BCUT2D eigenvalue weighted by Gasteiger charge is 2.31. The molecule has 0 unspecified atom stereocenters. The summed E-state index contributed by atoms with van der Waals surface area (Å²) in [5, 5.41) is 10.4. The third-order valence-corrected chi connectivity index (χ3v) is 3.31. The average molecular weight is 341 g/mol. The molecule has 4 nitrogen and oxygen atoms in total. The minimum absolute atomic E-state index is 0.0543. The van der Waals surface area contributed by atoms with Gasteiger partial charge in [0.1, 0.15) is 5.75 Å². The molecule has 0 fully saturated rings. The molecule has 2 rings (SSSR count). The Labute approximate surface area is 138 Å². The van der Waals surface area contributed by atoms with Gasteiger partial charge in [-0.2, -0.15) is 0 Å². The van der Waals surface area contributed by atoms with Gasteiger partial charge < -0.3 is 19.5 Å². The molecule has 0 amide bonds. The van der Waals surface area contributed by atoms with Gasteiger partial charge >= 0.3 is 6.36 Å². The van der Waals surface area contributed by atoms with E-state index in [2.05, 4.69) is 4.74 Å². The Hall–Kier alpha value is -2.41. The van der Waals surface area contributed by atoms with E-state index in [-0.39, 0.29) is 11.5 Å². The molecule has 0 bridgehead atoms. The first kappa shape index (κ1) is 17.9. The van der Waals surface area contributed by atoms with Gasteiger partial charge in [0.25, 0.3) is 0 Å². The molecule has 130 valence electrons. The second-order valence-electron chi connectivity index (χ2n) is 5.46. The quantitative estimate of drug-likeness (QED) is 0.892. The summed E-state index contributed by atoms with van der Waals surface area (Å²) in [6.45, 7) is 0.549. The lowest BCUT2D eigenvalue weighted by atomic mass is 9.97. The fourth-order valence-corrected chi connectivity index (χ4v) is 2.40. The number of rotatable bonds is 5. The molecule has 0 aliphatic heterocycles. The van der Waals surface area contributed by atoms with Crippen molar-refractivity contribution in [3.8, 4) is 28.4 Å². The number of nitrogens with zero attached hydrogens (tertiary/aromatic N) is 1. The number of halogens is 3. The fraction of sp³-hybridized carbons (Fsp3) is 0.294. The Balaban J connectivity index is 2.46. The number of aromatic hydroxyl groups is 1. The van der Waals surface area contributed by atoms with E-state index in [1.807, 2.05) is 25.1 Å². The first-order valence-electron chi connectivity index (χ1n) is 7.11. The van der Waals surface area contributed by atoms with Crippen LogP contribution in [0, 0.1) is 0 Å².